The van der Waals surface area contributed by atoms with E-state index in [1.54, 1.807) is 20.8 Å². The van der Waals surface area contributed by atoms with Crippen molar-refractivity contribution < 1.29 is 19.5 Å². The number of nitrogens with two attached hydrogens (primary N) is 1. The van der Waals surface area contributed by atoms with Gasteiger partial charge in [-0.3, -0.25) is 9.69 Å². The molecule has 16 heavy (non-hydrogen) atoms. The lowest BCUT2D eigenvalue weighted by Gasteiger charge is -2.31. The van der Waals surface area contributed by atoms with Crippen molar-refractivity contribution in [3.8, 4) is 0 Å². The third kappa shape index (κ3) is 3.76. The Bertz CT molecular complexity index is 308. The summed E-state index contributed by atoms with van der Waals surface area (Å²) in [4.78, 5) is 33.8. The van der Waals surface area contributed by atoms with Crippen molar-refractivity contribution in [2.45, 2.75) is 26.8 Å². The van der Waals surface area contributed by atoms with E-state index in [1.807, 2.05) is 0 Å². The average molecular weight is 231 g/mol. The number of hydrogen-bond donors (Lipinski definition) is 3. The monoisotopic (exact) mass is 231 g/mol. The lowest BCUT2D eigenvalue weighted by molar-refractivity contribution is -0.131. The summed E-state index contributed by atoms with van der Waals surface area (Å²) in [6.07, 6.45) is -1.33. The van der Waals surface area contributed by atoms with Gasteiger partial charge in [-0.25, -0.2) is 9.59 Å². The van der Waals surface area contributed by atoms with E-state index < -0.39 is 29.5 Å². The number of likely N-dealkylation sites (N-methyl/N-ethyl adjacent to an activating group) is 1. The standard InChI is InChI=1S/C9H17N3O4/c1-9(2,3)5(11-8(15)16)6(13)12(4)7(10)14/h5,11H,1-4H3,(H2,10,14)(H,15,16)/t5-/m1/s1. The number of urea groups is 1. The minimum absolute atomic E-state index is 0.654. The summed E-state index contributed by atoms with van der Waals surface area (Å²) in [6.45, 7) is 5.04. The molecule has 0 saturated carbocycles. The molecule has 7 nitrogen and oxygen atoms in total. The first-order valence-electron chi connectivity index (χ1n) is 4.64. The maximum atomic E-state index is 11.8. The first kappa shape index (κ1) is 14.2. The molecule has 1 atom stereocenters. The second-order valence-corrected chi connectivity index (χ2v) is 4.48. The average Bonchev–Trinajstić information content (AvgIpc) is 2.09. The normalized spacial score (nSPS) is 12.8. The molecule has 4 N–H and O–H groups in total. The predicted octanol–water partition coefficient (Wildman–Crippen LogP) is 0.206. The van der Waals surface area contributed by atoms with E-state index in [0.717, 1.165) is 0 Å². The van der Waals surface area contributed by atoms with Crippen molar-refractivity contribution in [1.29, 1.82) is 0 Å². The van der Waals surface area contributed by atoms with E-state index in [0.29, 0.717) is 4.90 Å². The van der Waals surface area contributed by atoms with Crippen LogP contribution in [0.4, 0.5) is 9.59 Å². The molecule has 0 aliphatic carbocycles. The van der Waals surface area contributed by atoms with Gasteiger partial charge >= 0.3 is 12.1 Å². The fourth-order valence-corrected chi connectivity index (χ4v) is 1.07. The molecule has 92 valence electrons. The Kier molecular flexibility index (Phi) is 4.28. The van der Waals surface area contributed by atoms with Crippen molar-refractivity contribution in [2.75, 3.05) is 7.05 Å². The van der Waals surface area contributed by atoms with Gasteiger partial charge in [-0.2, -0.15) is 0 Å². The van der Waals surface area contributed by atoms with Crippen LogP contribution in [-0.2, 0) is 4.79 Å². The van der Waals surface area contributed by atoms with E-state index >= 15 is 0 Å². The summed E-state index contributed by atoms with van der Waals surface area (Å²) in [5.41, 5.74) is 4.29. The molecule has 0 fully saturated rings. The van der Waals surface area contributed by atoms with Gasteiger partial charge in [0.15, 0.2) is 0 Å². The van der Waals surface area contributed by atoms with Gasteiger partial charge in [0.25, 0.3) is 5.91 Å². The summed E-state index contributed by atoms with van der Waals surface area (Å²) < 4.78 is 0. The molecule has 0 aliphatic rings. The third-order valence-corrected chi connectivity index (χ3v) is 2.04. The van der Waals surface area contributed by atoms with Gasteiger partial charge in [0.1, 0.15) is 6.04 Å². The molecule has 7 heteroatoms. The highest BCUT2D eigenvalue weighted by atomic mass is 16.4. The summed E-state index contributed by atoms with van der Waals surface area (Å²) >= 11 is 0. The Morgan fingerprint density at radius 3 is 2.00 bits per heavy atom. The van der Waals surface area contributed by atoms with Crippen LogP contribution in [0.3, 0.4) is 0 Å². The molecule has 0 aromatic heterocycles. The van der Waals surface area contributed by atoms with Gasteiger partial charge in [0.2, 0.25) is 0 Å². The number of primary amides is 1. The highest BCUT2D eigenvalue weighted by Gasteiger charge is 2.35. The SMILES string of the molecule is CN(C(N)=O)C(=O)[C@@H](NC(=O)O)C(C)(C)C. The van der Waals surface area contributed by atoms with Gasteiger partial charge in [0, 0.05) is 7.05 Å². The summed E-state index contributed by atoms with van der Waals surface area (Å²) in [7, 11) is 1.20. The maximum Gasteiger partial charge on any atom is 0.405 e. The molecular weight excluding hydrogens is 214 g/mol. The number of nitrogens with one attached hydrogen (secondary N) is 1. The largest absolute Gasteiger partial charge is 0.465 e. The van der Waals surface area contributed by atoms with Crippen molar-refractivity contribution in [1.82, 2.24) is 10.2 Å². The van der Waals surface area contributed by atoms with Crippen molar-refractivity contribution in [2.24, 2.45) is 11.1 Å². The van der Waals surface area contributed by atoms with Crippen molar-refractivity contribution in [3.05, 3.63) is 0 Å². The second kappa shape index (κ2) is 4.82. The summed E-state index contributed by atoms with van der Waals surface area (Å²) in [5.74, 6) is -0.678. The number of carboxylic acid groups (broad SMARTS) is 1. The van der Waals surface area contributed by atoms with Crippen molar-refractivity contribution >= 4 is 18.0 Å². The first-order chi connectivity index (χ1) is 7.07. The molecule has 0 heterocycles. The van der Waals surface area contributed by atoms with Crippen LogP contribution in [0.2, 0.25) is 0 Å². The molecule has 0 aromatic rings. The Morgan fingerprint density at radius 2 is 1.75 bits per heavy atom. The molecule has 0 aliphatic heterocycles. The topological polar surface area (TPSA) is 113 Å². The van der Waals surface area contributed by atoms with Gasteiger partial charge < -0.3 is 16.2 Å². The second-order valence-electron chi connectivity index (χ2n) is 4.48. The number of nitrogens with zero attached hydrogens (tertiary/aromatic N) is 1. The van der Waals surface area contributed by atoms with Crippen LogP contribution in [0.25, 0.3) is 0 Å². The van der Waals surface area contributed by atoms with Gasteiger partial charge in [-0.15, -0.1) is 0 Å². The lowest BCUT2D eigenvalue weighted by atomic mass is 9.86. The van der Waals surface area contributed by atoms with E-state index in [4.69, 9.17) is 10.8 Å². The van der Waals surface area contributed by atoms with Gasteiger partial charge in [-0.05, 0) is 5.41 Å². The number of rotatable bonds is 2. The van der Waals surface area contributed by atoms with Crippen LogP contribution in [0, 0.1) is 5.41 Å². The summed E-state index contributed by atoms with van der Waals surface area (Å²) in [6, 6.07) is -1.95. The highest BCUT2D eigenvalue weighted by Crippen LogP contribution is 2.20. The number of hydrogen-bond acceptors (Lipinski definition) is 3. The van der Waals surface area contributed by atoms with E-state index in [2.05, 4.69) is 5.32 Å². The van der Waals surface area contributed by atoms with Crippen LogP contribution < -0.4 is 11.1 Å². The number of imide groups is 1. The number of carbonyl (C=O) groups is 3. The van der Waals surface area contributed by atoms with Crippen LogP contribution in [-0.4, -0.2) is 41.1 Å². The quantitative estimate of drug-likeness (QED) is 0.630. The fourth-order valence-electron chi connectivity index (χ4n) is 1.07. The summed E-state index contributed by atoms with van der Waals surface area (Å²) in [5, 5.41) is 10.7. The first-order valence-corrected chi connectivity index (χ1v) is 4.64. The highest BCUT2D eigenvalue weighted by molar-refractivity contribution is 5.97. The zero-order valence-electron chi connectivity index (χ0n) is 9.77. The Hall–Kier alpha value is -1.79. The van der Waals surface area contributed by atoms with Crippen LogP contribution in [0.1, 0.15) is 20.8 Å². The molecule has 0 unspecified atom stereocenters. The zero-order chi connectivity index (χ0) is 13.1. The van der Waals surface area contributed by atoms with Crippen LogP contribution >= 0.6 is 0 Å². The molecule has 0 bridgehead atoms. The molecule has 0 radical (unpaired) electrons. The zero-order valence-corrected chi connectivity index (χ0v) is 9.77. The predicted molar refractivity (Wildman–Crippen MR) is 56.8 cm³/mol. The van der Waals surface area contributed by atoms with E-state index in [1.165, 1.54) is 7.05 Å². The van der Waals surface area contributed by atoms with Crippen molar-refractivity contribution in [3.63, 3.8) is 0 Å². The number of amides is 4. The fraction of sp³-hybridized carbons (Fsp3) is 0.667. The Labute approximate surface area is 93.6 Å². The molecular formula is C9H17N3O4. The molecule has 0 spiro atoms. The van der Waals surface area contributed by atoms with Crippen LogP contribution in [0.5, 0.6) is 0 Å². The Morgan fingerprint density at radius 1 is 1.31 bits per heavy atom. The molecule has 0 rings (SSSR count). The lowest BCUT2D eigenvalue weighted by Crippen LogP contribution is -2.55. The Balaban J connectivity index is 4.98. The molecule has 0 saturated heterocycles. The van der Waals surface area contributed by atoms with Gasteiger partial charge in [0.05, 0.1) is 0 Å². The minimum Gasteiger partial charge on any atom is -0.465 e. The molecule has 0 aromatic carbocycles. The number of carbonyl (C=O) groups excluding carboxylic acids is 2. The third-order valence-electron chi connectivity index (χ3n) is 2.04. The van der Waals surface area contributed by atoms with Crippen LogP contribution in [0.15, 0.2) is 0 Å². The van der Waals surface area contributed by atoms with E-state index in [-0.39, 0.29) is 0 Å². The molecule has 4 amide bonds. The minimum atomic E-state index is -1.33. The van der Waals surface area contributed by atoms with E-state index in [9.17, 15) is 14.4 Å². The van der Waals surface area contributed by atoms with Gasteiger partial charge in [-0.1, -0.05) is 20.8 Å². The maximum absolute atomic E-state index is 11.8. The smallest absolute Gasteiger partial charge is 0.405 e.